The van der Waals surface area contributed by atoms with Crippen molar-refractivity contribution in [3.63, 3.8) is 0 Å². The Morgan fingerprint density at radius 2 is 2.22 bits per heavy atom. The molecule has 2 rings (SSSR count). The molecular formula is C14H15BrClNS. The van der Waals surface area contributed by atoms with Gasteiger partial charge >= 0.3 is 0 Å². The lowest BCUT2D eigenvalue weighted by atomic mass is 10.0. The molecule has 0 aliphatic heterocycles. The molecule has 0 saturated carbocycles. The van der Waals surface area contributed by atoms with Crippen LogP contribution in [0.15, 0.2) is 40.2 Å². The highest BCUT2D eigenvalue weighted by molar-refractivity contribution is 9.10. The van der Waals surface area contributed by atoms with Gasteiger partial charge in [-0.05, 0) is 49.0 Å². The summed E-state index contributed by atoms with van der Waals surface area (Å²) >= 11 is 11.4. The summed E-state index contributed by atoms with van der Waals surface area (Å²) in [5.74, 6) is 0. The van der Waals surface area contributed by atoms with Gasteiger partial charge in [-0.3, -0.25) is 0 Å². The molecule has 1 heterocycles. The second kappa shape index (κ2) is 6.71. The molecule has 0 aliphatic rings. The third-order valence-corrected chi connectivity index (χ3v) is 4.80. The van der Waals surface area contributed by atoms with E-state index in [1.165, 1.54) is 10.4 Å². The number of hydrogen-bond acceptors (Lipinski definition) is 2. The molecule has 1 N–H and O–H groups in total. The molecule has 0 radical (unpaired) electrons. The van der Waals surface area contributed by atoms with Gasteiger partial charge in [0.15, 0.2) is 0 Å². The SMILES string of the molecule is CNC(CCc1cccs1)c1ccc(Cl)cc1Br. The highest BCUT2D eigenvalue weighted by Crippen LogP contribution is 2.29. The van der Waals surface area contributed by atoms with E-state index in [0.29, 0.717) is 6.04 Å². The van der Waals surface area contributed by atoms with Gasteiger partial charge < -0.3 is 5.32 Å². The van der Waals surface area contributed by atoms with Gasteiger partial charge in [-0.25, -0.2) is 0 Å². The maximum absolute atomic E-state index is 5.97. The van der Waals surface area contributed by atoms with Crippen LogP contribution in [0.1, 0.15) is 22.9 Å². The van der Waals surface area contributed by atoms with Gasteiger partial charge in [-0.15, -0.1) is 11.3 Å². The van der Waals surface area contributed by atoms with Crippen molar-refractivity contribution in [1.82, 2.24) is 5.32 Å². The van der Waals surface area contributed by atoms with Crippen LogP contribution in [0.4, 0.5) is 0 Å². The molecule has 0 aliphatic carbocycles. The molecule has 18 heavy (non-hydrogen) atoms. The van der Waals surface area contributed by atoms with Crippen LogP contribution < -0.4 is 5.32 Å². The molecule has 0 spiro atoms. The van der Waals surface area contributed by atoms with Gasteiger partial charge in [0.1, 0.15) is 0 Å². The Labute approximate surface area is 125 Å². The quantitative estimate of drug-likeness (QED) is 0.799. The summed E-state index contributed by atoms with van der Waals surface area (Å²) in [7, 11) is 2.00. The van der Waals surface area contributed by atoms with Gasteiger partial charge in [-0.2, -0.15) is 0 Å². The number of rotatable bonds is 5. The average Bonchev–Trinajstić information content (AvgIpc) is 2.85. The smallest absolute Gasteiger partial charge is 0.0417 e. The minimum atomic E-state index is 0.346. The monoisotopic (exact) mass is 343 g/mol. The largest absolute Gasteiger partial charge is 0.313 e. The van der Waals surface area contributed by atoms with E-state index >= 15 is 0 Å². The molecule has 1 nitrogen and oxygen atoms in total. The Morgan fingerprint density at radius 3 is 2.83 bits per heavy atom. The lowest BCUT2D eigenvalue weighted by molar-refractivity contribution is 0.549. The molecule has 0 saturated heterocycles. The molecular weight excluding hydrogens is 330 g/mol. The van der Waals surface area contributed by atoms with Crippen LogP contribution in [0.3, 0.4) is 0 Å². The predicted molar refractivity (Wildman–Crippen MR) is 83.6 cm³/mol. The molecule has 0 fully saturated rings. The van der Waals surface area contributed by atoms with Crippen molar-refractivity contribution in [1.29, 1.82) is 0 Å². The summed E-state index contributed by atoms with van der Waals surface area (Å²) in [5.41, 5.74) is 1.26. The zero-order chi connectivity index (χ0) is 13.0. The van der Waals surface area contributed by atoms with Crippen LogP contribution in [0.25, 0.3) is 0 Å². The van der Waals surface area contributed by atoms with Gasteiger partial charge in [0.25, 0.3) is 0 Å². The molecule has 1 unspecified atom stereocenters. The Hall–Kier alpha value is -0.350. The summed E-state index contributed by atoms with van der Waals surface area (Å²) in [6.07, 6.45) is 2.18. The first kappa shape index (κ1) is 14.1. The van der Waals surface area contributed by atoms with Gasteiger partial charge in [0, 0.05) is 20.4 Å². The number of thiophene rings is 1. The summed E-state index contributed by atoms with van der Waals surface area (Å²) in [5, 5.41) is 6.26. The molecule has 0 bridgehead atoms. The van der Waals surface area contributed by atoms with Crippen LogP contribution in [-0.2, 0) is 6.42 Å². The van der Waals surface area contributed by atoms with E-state index in [9.17, 15) is 0 Å². The minimum Gasteiger partial charge on any atom is -0.313 e. The molecule has 1 aromatic heterocycles. The maximum Gasteiger partial charge on any atom is 0.0417 e. The van der Waals surface area contributed by atoms with Crippen molar-refractivity contribution >= 4 is 38.9 Å². The number of hydrogen-bond donors (Lipinski definition) is 1. The van der Waals surface area contributed by atoms with E-state index < -0.39 is 0 Å². The normalized spacial score (nSPS) is 12.6. The van der Waals surface area contributed by atoms with E-state index in [1.54, 1.807) is 0 Å². The number of aryl methyl sites for hydroxylation is 1. The molecule has 1 atom stereocenters. The third kappa shape index (κ3) is 3.58. The fraction of sp³-hybridized carbons (Fsp3) is 0.286. The average molecular weight is 345 g/mol. The Bertz CT molecular complexity index is 499. The van der Waals surface area contributed by atoms with E-state index in [2.05, 4.69) is 44.8 Å². The second-order valence-electron chi connectivity index (χ2n) is 4.13. The highest BCUT2D eigenvalue weighted by Gasteiger charge is 2.13. The first-order valence-electron chi connectivity index (χ1n) is 5.85. The van der Waals surface area contributed by atoms with E-state index in [0.717, 1.165) is 22.3 Å². The fourth-order valence-corrected chi connectivity index (χ4v) is 3.66. The van der Waals surface area contributed by atoms with E-state index in [4.69, 9.17) is 11.6 Å². The zero-order valence-electron chi connectivity index (χ0n) is 10.1. The minimum absolute atomic E-state index is 0.346. The Kier molecular flexibility index (Phi) is 5.25. The Balaban J connectivity index is 2.08. The van der Waals surface area contributed by atoms with E-state index in [1.807, 2.05) is 30.5 Å². The third-order valence-electron chi connectivity index (χ3n) is 2.95. The number of nitrogens with one attached hydrogen (secondary N) is 1. The van der Waals surface area contributed by atoms with Crippen molar-refractivity contribution in [2.75, 3.05) is 7.05 Å². The topological polar surface area (TPSA) is 12.0 Å². The van der Waals surface area contributed by atoms with Crippen LogP contribution in [-0.4, -0.2) is 7.05 Å². The summed E-state index contributed by atoms with van der Waals surface area (Å²) in [6, 6.07) is 10.6. The molecule has 0 amide bonds. The van der Waals surface area contributed by atoms with Gasteiger partial charge in [-0.1, -0.05) is 39.7 Å². The van der Waals surface area contributed by atoms with Crippen molar-refractivity contribution in [2.24, 2.45) is 0 Å². The van der Waals surface area contributed by atoms with Crippen LogP contribution in [0.5, 0.6) is 0 Å². The lowest BCUT2D eigenvalue weighted by Gasteiger charge is -2.18. The standard InChI is InChI=1S/C14H15BrClNS/c1-17-14(7-5-11-3-2-8-18-11)12-6-4-10(16)9-13(12)15/h2-4,6,8-9,14,17H,5,7H2,1H3. The fourth-order valence-electron chi connectivity index (χ4n) is 1.98. The van der Waals surface area contributed by atoms with Crippen molar-refractivity contribution in [3.05, 3.63) is 55.6 Å². The van der Waals surface area contributed by atoms with Crippen LogP contribution in [0, 0.1) is 0 Å². The number of benzene rings is 1. The summed E-state index contributed by atoms with van der Waals surface area (Å²) in [4.78, 5) is 1.43. The van der Waals surface area contributed by atoms with E-state index in [-0.39, 0.29) is 0 Å². The van der Waals surface area contributed by atoms with Crippen molar-refractivity contribution < 1.29 is 0 Å². The molecule has 2 aromatic rings. The Morgan fingerprint density at radius 1 is 1.39 bits per heavy atom. The van der Waals surface area contributed by atoms with Crippen molar-refractivity contribution in [3.8, 4) is 0 Å². The molecule has 1 aromatic carbocycles. The zero-order valence-corrected chi connectivity index (χ0v) is 13.3. The first-order valence-corrected chi connectivity index (χ1v) is 7.90. The first-order chi connectivity index (χ1) is 8.70. The second-order valence-corrected chi connectivity index (χ2v) is 6.45. The summed E-state index contributed by atoms with van der Waals surface area (Å²) in [6.45, 7) is 0. The predicted octanol–water partition coefficient (Wildman–Crippen LogP) is 5.06. The van der Waals surface area contributed by atoms with Crippen LogP contribution >= 0.6 is 38.9 Å². The summed E-state index contributed by atoms with van der Waals surface area (Å²) < 4.78 is 1.07. The molecule has 96 valence electrons. The highest BCUT2D eigenvalue weighted by atomic mass is 79.9. The van der Waals surface area contributed by atoms with Gasteiger partial charge in [0.05, 0.1) is 0 Å². The lowest BCUT2D eigenvalue weighted by Crippen LogP contribution is -2.17. The number of halogens is 2. The maximum atomic E-state index is 5.97. The van der Waals surface area contributed by atoms with Crippen LogP contribution in [0.2, 0.25) is 5.02 Å². The van der Waals surface area contributed by atoms with Crippen molar-refractivity contribution in [2.45, 2.75) is 18.9 Å². The van der Waals surface area contributed by atoms with Gasteiger partial charge in [0.2, 0.25) is 0 Å². The molecule has 4 heteroatoms.